The lowest BCUT2D eigenvalue weighted by Crippen LogP contribution is -2.24. The predicted molar refractivity (Wildman–Crippen MR) is 104 cm³/mol. The topological polar surface area (TPSA) is 29.5 Å². The summed E-state index contributed by atoms with van der Waals surface area (Å²) in [4.78, 5) is 3.38. The number of benzene rings is 2. The van der Waals surface area contributed by atoms with Crippen LogP contribution in [0.5, 0.6) is 5.75 Å². The highest BCUT2D eigenvalue weighted by atomic mass is 32.2. The molecule has 3 nitrogen and oxygen atoms in total. The van der Waals surface area contributed by atoms with Crippen molar-refractivity contribution in [1.29, 1.82) is 0 Å². The van der Waals surface area contributed by atoms with Gasteiger partial charge in [0.05, 0.1) is 6.61 Å². The highest BCUT2D eigenvalue weighted by Gasteiger charge is 2.22. The average Bonchev–Trinajstić information content (AvgIpc) is 3.06. The maximum Gasteiger partial charge on any atom is 0.119 e. The minimum Gasteiger partial charge on any atom is -0.493 e. The SMILES string of the molecule is Cc1cccc(CCN2CCC(COc3ccc(S(C)=O)cc3)C2)c1. The van der Waals surface area contributed by atoms with E-state index in [1.807, 2.05) is 24.3 Å². The predicted octanol–water partition coefficient (Wildman–Crippen LogP) is 3.68. The first kappa shape index (κ1) is 18.2. The van der Waals surface area contributed by atoms with Gasteiger partial charge < -0.3 is 9.64 Å². The molecule has 1 aliphatic heterocycles. The van der Waals surface area contributed by atoms with Crippen LogP contribution in [0.2, 0.25) is 0 Å². The summed E-state index contributed by atoms with van der Waals surface area (Å²) in [7, 11) is -0.930. The number of rotatable bonds is 7. The molecule has 0 spiro atoms. The van der Waals surface area contributed by atoms with Gasteiger partial charge in [-0.3, -0.25) is 4.21 Å². The van der Waals surface area contributed by atoms with E-state index in [2.05, 4.69) is 36.1 Å². The van der Waals surface area contributed by atoms with E-state index in [4.69, 9.17) is 4.74 Å². The zero-order valence-corrected chi connectivity index (χ0v) is 15.9. The van der Waals surface area contributed by atoms with Gasteiger partial charge in [-0.05, 0) is 56.1 Å². The van der Waals surface area contributed by atoms with Crippen LogP contribution in [0.15, 0.2) is 53.4 Å². The largest absolute Gasteiger partial charge is 0.493 e. The Bertz CT molecular complexity index is 714. The van der Waals surface area contributed by atoms with Crippen molar-refractivity contribution >= 4 is 10.8 Å². The molecule has 2 unspecified atom stereocenters. The Morgan fingerprint density at radius 3 is 2.72 bits per heavy atom. The van der Waals surface area contributed by atoms with Crippen molar-refractivity contribution in [3.63, 3.8) is 0 Å². The molecule has 0 N–H and O–H groups in total. The zero-order valence-electron chi connectivity index (χ0n) is 15.1. The normalized spacial score (nSPS) is 19.0. The van der Waals surface area contributed by atoms with Crippen molar-refractivity contribution in [1.82, 2.24) is 4.90 Å². The Morgan fingerprint density at radius 2 is 2.00 bits per heavy atom. The van der Waals surface area contributed by atoms with E-state index in [-0.39, 0.29) is 0 Å². The Morgan fingerprint density at radius 1 is 1.20 bits per heavy atom. The Labute approximate surface area is 153 Å². The molecule has 0 bridgehead atoms. The number of ether oxygens (including phenoxy) is 1. The van der Waals surface area contributed by atoms with E-state index in [9.17, 15) is 4.21 Å². The lowest BCUT2D eigenvalue weighted by Gasteiger charge is -2.16. The molecule has 2 aromatic carbocycles. The van der Waals surface area contributed by atoms with Gasteiger partial charge in [0.25, 0.3) is 0 Å². The van der Waals surface area contributed by atoms with Crippen molar-refractivity contribution in [2.24, 2.45) is 5.92 Å². The van der Waals surface area contributed by atoms with Gasteiger partial charge in [-0.15, -0.1) is 0 Å². The van der Waals surface area contributed by atoms with Gasteiger partial charge in [0.1, 0.15) is 5.75 Å². The third-order valence-electron chi connectivity index (χ3n) is 4.81. The molecule has 0 saturated carbocycles. The Balaban J connectivity index is 1.41. The van der Waals surface area contributed by atoms with Crippen LogP contribution in [0.3, 0.4) is 0 Å². The molecule has 25 heavy (non-hydrogen) atoms. The molecular weight excluding hydrogens is 330 g/mol. The van der Waals surface area contributed by atoms with Crippen molar-refractivity contribution in [3.05, 3.63) is 59.7 Å². The molecule has 0 aliphatic carbocycles. The first-order chi connectivity index (χ1) is 12.1. The second-order valence-corrected chi connectivity index (χ2v) is 8.31. The fraction of sp³-hybridized carbons (Fsp3) is 0.429. The average molecular weight is 358 g/mol. The Kier molecular flexibility index (Phi) is 6.27. The summed E-state index contributed by atoms with van der Waals surface area (Å²) in [5.41, 5.74) is 2.76. The third-order valence-corrected chi connectivity index (χ3v) is 5.75. The zero-order chi connectivity index (χ0) is 17.6. The molecule has 3 rings (SSSR count). The van der Waals surface area contributed by atoms with Gasteiger partial charge in [-0.2, -0.15) is 0 Å². The number of likely N-dealkylation sites (tertiary alicyclic amines) is 1. The van der Waals surface area contributed by atoms with E-state index in [1.165, 1.54) is 17.5 Å². The molecule has 0 aromatic heterocycles. The summed E-state index contributed by atoms with van der Waals surface area (Å²) in [5, 5.41) is 0. The molecule has 2 atom stereocenters. The van der Waals surface area contributed by atoms with Crippen LogP contribution in [-0.4, -0.2) is 41.6 Å². The van der Waals surface area contributed by atoms with Crippen LogP contribution >= 0.6 is 0 Å². The van der Waals surface area contributed by atoms with Crippen molar-refractivity contribution in [2.75, 3.05) is 32.5 Å². The fourth-order valence-corrected chi connectivity index (χ4v) is 3.87. The quantitative estimate of drug-likeness (QED) is 0.757. The van der Waals surface area contributed by atoms with Gasteiger partial charge in [0.15, 0.2) is 0 Å². The van der Waals surface area contributed by atoms with Crippen LogP contribution in [0, 0.1) is 12.8 Å². The lowest BCUT2D eigenvalue weighted by molar-refractivity contribution is 0.241. The maximum absolute atomic E-state index is 11.4. The van der Waals surface area contributed by atoms with Gasteiger partial charge in [0, 0.05) is 41.0 Å². The van der Waals surface area contributed by atoms with E-state index in [0.29, 0.717) is 5.92 Å². The van der Waals surface area contributed by atoms with E-state index in [0.717, 1.165) is 43.3 Å². The van der Waals surface area contributed by atoms with E-state index >= 15 is 0 Å². The first-order valence-electron chi connectivity index (χ1n) is 8.94. The fourth-order valence-electron chi connectivity index (χ4n) is 3.35. The lowest BCUT2D eigenvalue weighted by atomic mass is 10.1. The number of hydrogen-bond donors (Lipinski definition) is 0. The van der Waals surface area contributed by atoms with Gasteiger partial charge in [-0.25, -0.2) is 0 Å². The monoisotopic (exact) mass is 357 g/mol. The number of nitrogens with zero attached hydrogens (tertiary/aromatic N) is 1. The minimum absolute atomic E-state index is 0.595. The van der Waals surface area contributed by atoms with Crippen LogP contribution in [-0.2, 0) is 17.2 Å². The van der Waals surface area contributed by atoms with E-state index in [1.54, 1.807) is 6.26 Å². The summed E-state index contributed by atoms with van der Waals surface area (Å²) in [6.07, 6.45) is 4.01. The van der Waals surface area contributed by atoms with Crippen molar-refractivity contribution in [3.8, 4) is 5.75 Å². The molecule has 2 aromatic rings. The molecule has 1 saturated heterocycles. The molecule has 1 fully saturated rings. The maximum atomic E-state index is 11.4. The van der Waals surface area contributed by atoms with Crippen LogP contribution in [0.25, 0.3) is 0 Å². The van der Waals surface area contributed by atoms with Crippen LogP contribution in [0.1, 0.15) is 17.5 Å². The van der Waals surface area contributed by atoms with Crippen LogP contribution < -0.4 is 4.74 Å². The molecular formula is C21H27NO2S. The smallest absolute Gasteiger partial charge is 0.119 e. The van der Waals surface area contributed by atoms with Crippen molar-refractivity contribution < 1.29 is 8.95 Å². The third kappa shape index (κ3) is 5.41. The second-order valence-electron chi connectivity index (χ2n) is 6.93. The summed E-state index contributed by atoms with van der Waals surface area (Å²) in [6.45, 7) is 6.31. The summed E-state index contributed by atoms with van der Waals surface area (Å²) in [6, 6.07) is 16.4. The summed E-state index contributed by atoms with van der Waals surface area (Å²) < 4.78 is 17.3. The molecule has 0 amide bonds. The highest BCUT2D eigenvalue weighted by Crippen LogP contribution is 2.20. The molecule has 1 heterocycles. The molecule has 134 valence electrons. The van der Waals surface area contributed by atoms with Crippen molar-refractivity contribution in [2.45, 2.75) is 24.7 Å². The Hall–Kier alpha value is -1.65. The minimum atomic E-state index is -0.930. The second kappa shape index (κ2) is 8.63. The molecule has 1 aliphatic rings. The van der Waals surface area contributed by atoms with Crippen LogP contribution in [0.4, 0.5) is 0 Å². The highest BCUT2D eigenvalue weighted by molar-refractivity contribution is 7.84. The summed E-state index contributed by atoms with van der Waals surface area (Å²) in [5.74, 6) is 1.46. The van der Waals surface area contributed by atoms with Gasteiger partial charge >= 0.3 is 0 Å². The van der Waals surface area contributed by atoms with Gasteiger partial charge in [0.2, 0.25) is 0 Å². The number of aryl methyl sites for hydroxylation is 1. The number of hydrogen-bond acceptors (Lipinski definition) is 3. The van der Waals surface area contributed by atoms with Gasteiger partial charge in [-0.1, -0.05) is 29.8 Å². The molecule has 4 heteroatoms. The standard InChI is InChI=1S/C21H27NO2S/c1-17-4-3-5-18(14-17)10-12-22-13-11-19(15-22)16-24-20-6-8-21(9-7-20)25(2)23/h3-9,14,19H,10-13,15-16H2,1-2H3. The summed E-state index contributed by atoms with van der Waals surface area (Å²) >= 11 is 0. The molecule has 0 radical (unpaired) electrons. The first-order valence-corrected chi connectivity index (χ1v) is 10.5. The van der Waals surface area contributed by atoms with E-state index < -0.39 is 10.8 Å².